The van der Waals surface area contributed by atoms with Crippen molar-refractivity contribution in [1.82, 2.24) is 0 Å². The summed E-state index contributed by atoms with van der Waals surface area (Å²) < 4.78 is 43.9. The highest BCUT2D eigenvalue weighted by atomic mass is 19.1. The summed E-state index contributed by atoms with van der Waals surface area (Å²) in [5, 5.41) is 0. The van der Waals surface area contributed by atoms with Crippen molar-refractivity contribution in [2.24, 2.45) is 11.7 Å². The highest BCUT2D eigenvalue weighted by molar-refractivity contribution is 6.14. The molecule has 2 N–H and O–H groups in total. The minimum atomic E-state index is -1.28. The third-order valence-corrected chi connectivity index (χ3v) is 7.71. The van der Waals surface area contributed by atoms with Gasteiger partial charge in [0.25, 0.3) is 0 Å². The molecule has 8 nitrogen and oxygen atoms in total. The van der Waals surface area contributed by atoms with Gasteiger partial charge >= 0.3 is 11.9 Å². The molecule has 3 atom stereocenters. The maximum Gasteiger partial charge on any atom is 0.338 e. The molecule has 2 aliphatic rings. The van der Waals surface area contributed by atoms with Gasteiger partial charge in [0, 0.05) is 17.2 Å². The first kappa shape index (κ1) is 28.5. The third kappa shape index (κ3) is 4.89. The lowest BCUT2D eigenvalue weighted by Crippen LogP contribution is -2.46. The van der Waals surface area contributed by atoms with Crippen molar-refractivity contribution in [3.8, 4) is 5.75 Å². The summed E-state index contributed by atoms with van der Waals surface area (Å²) in [5.74, 6) is -5.88. The van der Waals surface area contributed by atoms with Gasteiger partial charge in [0.15, 0.2) is 5.78 Å². The molecule has 0 bridgehead atoms. The van der Waals surface area contributed by atoms with Gasteiger partial charge in [-0.15, -0.1) is 0 Å². The number of ketones is 1. The van der Waals surface area contributed by atoms with Crippen molar-refractivity contribution in [3.05, 3.63) is 118 Å². The van der Waals surface area contributed by atoms with Crippen LogP contribution in [0.2, 0.25) is 0 Å². The van der Waals surface area contributed by atoms with E-state index in [0.717, 1.165) is 0 Å². The van der Waals surface area contributed by atoms with Crippen LogP contribution in [0, 0.1) is 17.6 Å². The molecule has 0 aromatic heterocycles. The number of anilines is 1. The molecule has 1 aliphatic carbocycles. The fourth-order valence-electron chi connectivity index (χ4n) is 5.80. The van der Waals surface area contributed by atoms with Gasteiger partial charge in [-0.25, -0.2) is 13.6 Å². The lowest BCUT2D eigenvalue weighted by Gasteiger charge is -2.44. The van der Waals surface area contributed by atoms with Crippen LogP contribution in [-0.4, -0.2) is 39.1 Å². The van der Waals surface area contributed by atoms with Crippen molar-refractivity contribution in [2.75, 3.05) is 26.2 Å². The summed E-state index contributed by atoms with van der Waals surface area (Å²) in [6.07, 6.45) is 0.0938. The topological polar surface area (TPSA) is 108 Å². The molecule has 10 heteroatoms. The van der Waals surface area contributed by atoms with Crippen LogP contribution in [0.3, 0.4) is 0 Å². The summed E-state index contributed by atoms with van der Waals surface area (Å²) in [4.78, 5) is 42.5. The van der Waals surface area contributed by atoms with E-state index in [1.54, 1.807) is 30.3 Å². The average molecular weight is 575 g/mol. The Bertz CT molecular complexity index is 1610. The monoisotopic (exact) mass is 574 g/mol. The fourth-order valence-corrected chi connectivity index (χ4v) is 5.80. The number of Topliss-reactive ketones (excluding diaryl/α,β-unsaturated/α-hetero) is 1. The van der Waals surface area contributed by atoms with Gasteiger partial charge in [0.1, 0.15) is 29.1 Å². The van der Waals surface area contributed by atoms with Gasteiger partial charge in [0.2, 0.25) is 0 Å². The van der Waals surface area contributed by atoms with Crippen molar-refractivity contribution in [2.45, 2.75) is 18.3 Å². The smallest absolute Gasteiger partial charge is 0.338 e. The molecule has 42 heavy (non-hydrogen) atoms. The Morgan fingerprint density at radius 1 is 0.881 bits per heavy atom. The van der Waals surface area contributed by atoms with Crippen LogP contribution in [0.1, 0.15) is 29.4 Å². The number of allylic oxidation sites excluding steroid dienone is 2. The Morgan fingerprint density at radius 3 is 2.14 bits per heavy atom. The van der Waals surface area contributed by atoms with E-state index in [1.165, 1.54) is 68.7 Å². The number of rotatable bonds is 6. The van der Waals surface area contributed by atoms with Gasteiger partial charge in [0.05, 0.1) is 38.5 Å². The second-order valence-corrected chi connectivity index (χ2v) is 9.90. The highest BCUT2D eigenvalue weighted by Gasteiger charge is 2.51. The van der Waals surface area contributed by atoms with Crippen molar-refractivity contribution < 1.29 is 37.4 Å². The zero-order valence-electron chi connectivity index (χ0n) is 23.1. The predicted octanol–water partition coefficient (Wildman–Crippen LogP) is 4.72. The summed E-state index contributed by atoms with van der Waals surface area (Å²) in [6.45, 7) is 0. The Morgan fingerprint density at radius 2 is 1.55 bits per heavy atom. The molecule has 0 radical (unpaired) electrons. The first-order valence-corrected chi connectivity index (χ1v) is 13.1. The van der Waals surface area contributed by atoms with Crippen molar-refractivity contribution in [1.29, 1.82) is 0 Å². The Hall–Kier alpha value is -4.99. The molecule has 3 aromatic carbocycles. The molecule has 216 valence electrons. The number of nitrogens with two attached hydrogens (primary N) is 1. The summed E-state index contributed by atoms with van der Waals surface area (Å²) in [7, 11) is 3.89. The Kier molecular flexibility index (Phi) is 7.80. The van der Waals surface area contributed by atoms with E-state index >= 15 is 0 Å². The molecule has 1 aliphatic heterocycles. The molecule has 0 spiro atoms. The second-order valence-electron chi connectivity index (χ2n) is 9.90. The van der Waals surface area contributed by atoms with Crippen LogP contribution in [0.25, 0.3) is 0 Å². The molecule has 3 aromatic rings. The summed E-state index contributed by atoms with van der Waals surface area (Å²) >= 11 is 0. The fraction of sp³-hybridized carbons (Fsp3) is 0.219. The SMILES string of the molecule is COC(=O)C1=C(N)N(c2cccc(F)c2)C2=C(C(=O)[C@H](C(=O)OC)[C@@H](c3ccc(OC)cc3)C2)[C@H]1c1ccc(F)cc1. The number of methoxy groups -OCH3 is 3. The molecule has 0 saturated heterocycles. The number of hydrogen-bond acceptors (Lipinski definition) is 8. The van der Waals surface area contributed by atoms with Gasteiger partial charge < -0.3 is 19.9 Å². The highest BCUT2D eigenvalue weighted by Crippen LogP contribution is 2.51. The normalized spacial score (nSPS) is 20.3. The minimum absolute atomic E-state index is 0.0839. The Labute approximate surface area is 241 Å². The lowest BCUT2D eigenvalue weighted by atomic mass is 9.67. The van der Waals surface area contributed by atoms with Crippen LogP contribution in [0.5, 0.6) is 5.75 Å². The van der Waals surface area contributed by atoms with Crippen molar-refractivity contribution in [3.63, 3.8) is 0 Å². The van der Waals surface area contributed by atoms with E-state index in [2.05, 4.69) is 0 Å². The van der Waals surface area contributed by atoms with Gasteiger partial charge in [-0.3, -0.25) is 14.5 Å². The molecule has 0 fully saturated rings. The second kappa shape index (κ2) is 11.5. The molecule has 0 unspecified atom stereocenters. The number of halogens is 2. The number of ether oxygens (including phenoxy) is 3. The number of esters is 2. The number of nitrogens with zero attached hydrogens (tertiary/aromatic N) is 1. The molecule has 0 saturated carbocycles. The standard InChI is InChI=1S/C32H28F2N2O6/c1-40-22-13-9-17(10-14-22)23-16-24-27(29(37)26(23)31(38)41-2)25(18-7-11-19(33)12-8-18)28(32(39)42-3)30(35)36(24)21-6-4-5-20(34)15-21/h4-15,23,25-26H,16,35H2,1-3H3/t23-,25-,26-/m1/s1. The van der Waals surface area contributed by atoms with Crippen LogP contribution in [0.15, 0.2) is 95.5 Å². The van der Waals surface area contributed by atoms with Gasteiger partial charge in [-0.05, 0) is 60.0 Å². The van der Waals surface area contributed by atoms with E-state index < -0.39 is 47.1 Å². The average Bonchev–Trinajstić information content (AvgIpc) is 3.00. The minimum Gasteiger partial charge on any atom is -0.497 e. The molecule has 0 amide bonds. The maximum absolute atomic E-state index is 14.6. The van der Waals surface area contributed by atoms with E-state index in [-0.39, 0.29) is 29.1 Å². The van der Waals surface area contributed by atoms with Gasteiger partial charge in [-0.2, -0.15) is 0 Å². The Balaban J connectivity index is 1.81. The first-order valence-electron chi connectivity index (χ1n) is 13.1. The van der Waals surface area contributed by atoms with Crippen LogP contribution in [-0.2, 0) is 23.9 Å². The van der Waals surface area contributed by atoms with E-state index in [9.17, 15) is 23.2 Å². The van der Waals surface area contributed by atoms with Crippen molar-refractivity contribution >= 4 is 23.4 Å². The number of benzene rings is 3. The van der Waals surface area contributed by atoms with Crippen LogP contribution >= 0.6 is 0 Å². The van der Waals surface area contributed by atoms with Crippen LogP contribution in [0.4, 0.5) is 14.5 Å². The number of carbonyl (C=O) groups is 3. The third-order valence-electron chi connectivity index (χ3n) is 7.71. The van der Waals surface area contributed by atoms with Gasteiger partial charge in [-0.1, -0.05) is 30.3 Å². The van der Waals surface area contributed by atoms with E-state index in [4.69, 9.17) is 19.9 Å². The maximum atomic E-state index is 14.6. The number of carbonyl (C=O) groups excluding carboxylic acids is 3. The molecular formula is C32H28F2N2O6. The first-order chi connectivity index (χ1) is 20.2. The summed E-state index contributed by atoms with van der Waals surface area (Å²) in [6, 6.07) is 17.8. The van der Waals surface area contributed by atoms with E-state index in [0.29, 0.717) is 22.6 Å². The van der Waals surface area contributed by atoms with Crippen LogP contribution < -0.4 is 15.4 Å². The zero-order valence-corrected chi connectivity index (χ0v) is 23.1. The molecule has 5 rings (SSSR count). The molecular weight excluding hydrogens is 546 g/mol. The summed E-state index contributed by atoms with van der Waals surface area (Å²) in [5.41, 5.74) is 8.33. The molecule has 1 heterocycles. The largest absolute Gasteiger partial charge is 0.497 e. The predicted molar refractivity (Wildman–Crippen MR) is 149 cm³/mol. The zero-order chi connectivity index (χ0) is 30.1. The lowest BCUT2D eigenvalue weighted by molar-refractivity contribution is -0.150. The quantitative estimate of drug-likeness (QED) is 0.333. The van der Waals surface area contributed by atoms with E-state index in [1.807, 2.05) is 0 Å². The number of hydrogen-bond donors (Lipinski definition) is 1.